The van der Waals surface area contributed by atoms with Gasteiger partial charge in [-0.3, -0.25) is 4.79 Å². The van der Waals surface area contributed by atoms with Crippen LogP contribution in [0.3, 0.4) is 0 Å². The van der Waals surface area contributed by atoms with Crippen LogP contribution in [-0.2, 0) is 0 Å². The highest BCUT2D eigenvalue weighted by molar-refractivity contribution is 7.12. The minimum atomic E-state index is -4.40. The quantitative estimate of drug-likeness (QED) is 0.771. The largest absolute Gasteiger partial charge is 0.406 e. The molecule has 1 heterocycles. The number of carbonyl (C=O) groups is 1. The van der Waals surface area contributed by atoms with Gasteiger partial charge in [0.25, 0.3) is 5.91 Å². The minimum absolute atomic E-state index is 0.0206. The van der Waals surface area contributed by atoms with Gasteiger partial charge in [-0.1, -0.05) is 6.07 Å². The summed E-state index contributed by atoms with van der Waals surface area (Å²) in [7, 11) is 0. The number of hydrogen-bond donors (Lipinski definition) is 0. The van der Waals surface area contributed by atoms with Crippen molar-refractivity contribution >= 4 is 28.8 Å². The first kappa shape index (κ1) is 13.3. The van der Waals surface area contributed by atoms with Crippen LogP contribution in [0.2, 0.25) is 0 Å². The van der Waals surface area contributed by atoms with Crippen molar-refractivity contribution in [1.82, 2.24) is 4.90 Å². The predicted molar refractivity (Wildman–Crippen MR) is 57.0 cm³/mol. The van der Waals surface area contributed by atoms with E-state index in [9.17, 15) is 18.0 Å². The number of nitrogens with zero attached hydrogens (tertiary/aromatic N) is 1. The molecule has 2 nitrogen and oxygen atoms in total. The standard InChI is InChI=1S/C9H9ClF3NOS/c10-3-4-14(6-9(11,12)13)8(15)7-2-1-5-16-7/h1-2,5H,3-4,6H2. The zero-order chi connectivity index (χ0) is 12.2. The molecule has 0 fully saturated rings. The summed E-state index contributed by atoms with van der Waals surface area (Å²) in [5.74, 6) is -0.652. The third kappa shape index (κ3) is 4.02. The molecule has 1 amide bonds. The topological polar surface area (TPSA) is 20.3 Å². The van der Waals surface area contributed by atoms with E-state index in [0.717, 1.165) is 11.3 Å². The average molecular weight is 272 g/mol. The van der Waals surface area contributed by atoms with Gasteiger partial charge in [-0.05, 0) is 11.4 Å². The van der Waals surface area contributed by atoms with Gasteiger partial charge in [-0.25, -0.2) is 0 Å². The van der Waals surface area contributed by atoms with Gasteiger partial charge in [0, 0.05) is 12.4 Å². The molecule has 0 aliphatic carbocycles. The molecule has 0 atom stereocenters. The average Bonchev–Trinajstić information content (AvgIpc) is 2.66. The first-order valence-corrected chi connectivity index (χ1v) is 5.81. The van der Waals surface area contributed by atoms with E-state index in [1.54, 1.807) is 11.4 Å². The molecule has 7 heteroatoms. The SMILES string of the molecule is O=C(c1cccs1)N(CCCl)CC(F)(F)F. The zero-order valence-corrected chi connectivity index (χ0v) is 9.70. The van der Waals surface area contributed by atoms with Crippen molar-refractivity contribution in [3.8, 4) is 0 Å². The van der Waals surface area contributed by atoms with Crippen LogP contribution in [-0.4, -0.2) is 36.0 Å². The molecule has 16 heavy (non-hydrogen) atoms. The number of hydrogen-bond acceptors (Lipinski definition) is 2. The van der Waals surface area contributed by atoms with Gasteiger partial charge in [-0.15, -0.1) is 22.9 Å². The van der Waals surface area contributed by atoms with Crippen molar-refractivity contribution in [2.24, 2.45) is 0 Å². The Kier molecular flexibility index (Phi) is 4.61. The number of alkyl halides is 4. The van der Waals surface area contributed by atoms with Crippen molar-refractivity contribution in [3.05, 3.63) is 22.4 Å². The van der Waals surface area contributed by atoms with Crippen LogP contribution in [0, 0.1) is 0 Å². The van der Waals surface area contributed by atoms with E-state index in [0.29, 0.717) is 4.90 Å². The fourth-order valence-corrected chi connectivity index (χ4v) is 2.02. The molecule has 0 saturated carbocycles. The maximum Gasteiger partial charge on any atom is 0.406 e. The molecule has 0 radical (unpaired) electrons. The molecule has 90 valence electrons. The summed E-state index contributed by atoms with van der Waals surface area (Å²) in [5.41, 5.74) is 0. The van der Waals surface area contributed by atoms with Crippen molar-refractivity contribution in [2.75, 3.05) is 19.0 Å². The number of rotatable bonds is 4. The second-order valence-electron chi connectivity index (χ2n) is 3.01. The Morgan fingerprint density at radius 1 is 1.50 bits per heavy atom. The van der Waals surface area contributed by atoms with Gasteiger partial charge in [0.1, 0.15) is 6.54 Å². The van der Waals surface area contributed by atoms with E-state index < -0.39 is 18.6 Å². The zero-order valence-electron chi connectivity index (χ0n) is 8.13. The summed E-state index contributed by atoms with van der Waals surface area (Å²) in [6.45, 7) is -1.38. The molecular weight excluding hydrogens is 263 g/mol. The lowest BCUT2D eigenvalue weighted by Crippen LogP contribution is -2.39. The first-order chi connectivity index (χ1) is 7.44. The monoisotopic (exact) mass is 271 g/mol. The second-order valence-corrected chi connectivity index (χ2v) is 4.33. The van der Waals surface area contributed by atoms with E-state index in [2.05, 4.69) is 0 Å². The Morgan fingerprint density at radius 3 is 2.62 bits per heavy atom. The summed E-state index contributed by atoms with van der Waals surface area (Å²) >= 11 is 6.48. The number of amides is 1. The van der Waals surface area contributed by atoms with Crippen LogP contribution in [0.5, 0.6) is 0 Å². The molecule has 0 aliphatic heterocycles. The number of carbonyl (C=O) groups excluding carboxylic acids is 1. The van der Waals surface area contributed by atoms with E-state index >= 15 is 0 Å². The maximum absolute atomic E-state index is 12.2. The maximum atomic E-state index is 12.2. The molecule has 0 aliphatic rings. The summed E-state index contributed by atoms with van der Waals surface area (Å²) in [6.07, 6.45) is -4.40. The minimum Gasteiger partial charge on any atom is -0.328 e. The normalized spacial score (nSPS) is 11.5. The Morgan fingerprint density at radius 2 is 2.19 bits per heavy atom. The van der Waals surface area contributed by atoms with E-state index in [4.69, 9.17) is 11.6 Å². The highest BCUT2D eigenvalue weighted by Gasteiger charge is 2.33. The molecule has 0 N–H and O–H groups in total. The van der Waals surface area contributed by atoms with Crippen molar-refractivity contribution in [3.63, 3.8) is 0 Å². The van der Waals surface area contributed by atoms with Crippen LogP contribution in [0.4, 0.5) is 13.2 Å². The third-order valence-corrected chi connectivity index (χ3v) is 2.77. The molecule has 0 bridgehead atoms. The van der Waals surface area contributed by atoms with Crippen LogP contribution < -0.4 is 0 Å². The number of halogens is 4. The van der Waals surface area contributed by atoms with Gasteiger partial charge in [-0.2, -0.15) is 13.2 Å². The van der Waals surface area contributed by atoms with E-state index in [-0.39, 0.29) is 17.3 Å². The molecule has 0 saturated heterocycles. The summed E-state index contributed by atoms with van der Waals surface area (Å²) in [5, 5.41) is 1.64. The third-order valence-electron chi connectivity index (χ3n) is 1.74. The molecule has 0 spiro atoms. The summed E-state index contributed by atoms with van der Waals surface area (Å²) in [4.78, 5) is 12.6. The van der Waals surface area contributed by atoms with E-state index in [1.807, 2.05) is 0 Å². The van der Waals surface area contributed by atoms with Gasteiger partial charge in [0.2, 0.25) is 0 Å². The smallest absolute Gasteiger partial charge is 0.328 e. The fourth-order valence-electron chi connectivity index (χ4n) is 1.13. The van der Waals surface area contributed by atoms with Crippen LogP contribution in [0.15, 0.2) is 17.5 Å². The molecule has 0 aromatic carbocycles. The summed E-state index contributed by atoms with van der Waals surface area (Å²) < 4.78 is 36.6. The molecule has 0 unspecified atom stereocenters. The van der Waals surface area contributed by atoms with Gasteiger partial charge in [0.15, 0.2) is 0 Å². The first-order valence-electron chi connectivity index (χ1n) is 4.39. The van der Waals surface area contributed by atoms with Crippen molar-refractivity contribution in [1.29, 1.82) is 0 Å². The van der Waals surface area contributed by atoms with Crippen LogP contribution in [0.1, 0.15) is 9.67 Å². The molecule has 1 aromatic heterocycles. The highest BCUT2D eigenvalue weighted by atomic mass is 35.5. The number of thiophene rings is 1. The lowest BCUT2D eigenvalue weighted by atomic mass is 10.3. The Labute approximate surface area is 99.6 Å². The Bertz CT molecular complexity index is 339. The lowest BCUT2D eigenvalue weighted by molar-refractivity contribution is -0.140. The van der Waals surface area contributed by atoms with Gasteiger partial charge < -0.3 is 4.90 Å². The molecule has 1 rings (SSSR count). The lowest BCUT2D eigenvalue weighted by Gasteiger charge is -2.22. The van der Waals surface area contributed by atoms with Crippen LogP contribution in [0.25, 0.3) is 0 Å². The molecular formula is C9H9ClF3NOS. The van der Waals surface area contributed by atoms with Crippen molar-refractivity contribution in [2.45, 2.75) is 6.18 Å². The highest BCUT2D eigenvalue weighted by Crippen LogP contribution is 2.19. The summed E-state index contributed by atoms with van der Waals surface area (Å²) in [6, 6.07) is 3.11. The van der Waals surface area contributed by atoms with Crippen molar-refractivity contribution < 1.29 is 18.0 Å². The van der Waals surface area contributed by atoms with Gasteiger partial charge in [0.05, 0.1) is 4.88 Å². The van der Waals surface area contributed by atoms with Crippen LogP contribution >= 0.6 is 22.9 Å². The Hall–Kier alpha value is -0.750. The predicted octanol–water partition coefficient (Wildman–Crippen LogP) is 2.99. The molecule has 1 aromatic rings. The fraction of sp³-hybridized carbons (Fsp3) is 0.444. The van der Waals surface area contributed by atoms with E-state index in [1.165, 1.54) is 6.07 Å². The van der Waals surface area contributed by atoms with Gasteiger partial charge >= 0.3 is 6.18 Å². The Balaban J connectivity index is 2.74. The second kappa shape index (κ2) is 5.54.